The minimum atomic E-state index is -0.899. The Hall–Kier alpha value is -2.63. The first-order chi connectivity index (χ1) is 11.7. The van der Waals surface area contributed by atoms with E-state index in [9.17, 15) is 5.11 Å². The molecule has 0 saturated carbocycles. The zero-order chi connectivity index (χ0) is 16.9. The van der Waals surface area contributed by atoms with Crippen molar-refractivity contribution in [3.05, 3.63) is 24.4 Å². The lowest BCUT2D eigenvalue weighted by atomic mass is 10.4. The lowest BCUT2D eigenvalue weighted by molar-refractivity contribution is -0.0209. The summed E-state index contributed by atoms with van der Waals surface area (Å²) in [6, 6.07) is 0. The van der Waals surface area contributed by atoms with E-state index in [1.165, 1.54) is 11.0 Å². The van der Waals surface area contributed by atoms with E-state index in [1.54, 1.807) is 24.1 Å². The van der Waals surface area contributed by atoms with E-state index in [0.29, 0.717) is 23.7 Å². The highest BCUT2D eigenvalue weighted by Gasteiger charge is 2.11. The van der Waals surface area contributed by atoms with Crippen LogP contribution in [0.1, 0.15) is 5.69 Å². The number of hydrogen-bond donors (Lipinski definition) is 3. The van der Waals surface area contributed by atoms with Gasteiger partial charge in [-0.05, 0) is 0 Å². The standard InChI is InChI=1S/C13H18N8O3/c1-14-12-11-2-17-21(13(11)16-7-15-12)4-9-3-20(19-18-9)8-24-6-10(23)5-22/h2-3,7,10,22-23H,4-6,8H2,1H3,(H,14,15,16)/t10-/m0/s1. The highest BCUT2D eigenvalue weighted by molar-refractivity contribution is 5.85. The second-order valence-corrected chi connectivity index (χ2v) is 5.10. The molecule has 3 N–H and O–H groups in total. The van der Waals surface area contributed by atoms with Crippen molar-refractivity contribution in [2.75, 3.05) is 25.6 Å². The van der Waals surface area contributed by atoms with Crippen LogP contribution in [0.3, 0.4) is 0 Å². The van der Waals surface area contributed by atoms with Gasteiger partial charge in [0.25, 0.3) is 0 Å². The Morgan fingerprint density at radius 3 is 3.04 bits per heavy atom. The van der Waals surface area contributed by atoms with Gasteiger partial charge in [-0.2, -0.15) is 5.10 Å². The van der Waals surface area contributed by atoms with E-state index in [2.05, 4.69) is 30.7 Å². The molecule has 11 nitrogen and oxygen atoms in total. The maximum absolute atomic E-state index is 9.21. The van der Waals surface area contributed by atoms with Gasteiger partial charge in [0.15, 0.2) is 5.65 Å². The zero-order valence-electron chi connectivity index (χ0n) is 13.1. The summed E-state index contributed by atoms with van der Waals surface area (Å²) in [7, 11) is 1.79. The number of nitrogens with one attached hydrogen (secondary N) is 1. The van der Waals surface area contributed by atoms with Gasteiger partial charge in [0, 0.05) is 7.05 Å². The third kappa shape index (κ3) is 3.48. The molecule has 3 aromatic rings. The molecule has 0 aromatic carbocycles. The second-order valence-electron chi connectivity index (χ2n) is 5.10. The number of aliphatic hydroxyl groups excluding tert-OH is 2. The molecule has 0 fully saturated rings. The lowest BCUT2D eigenvalue weighted by Gasteiger charge is -2.07. The van der Waals surface area contributed by atoms with Gasteiger partial charge in [0.1, 0.15) is 30.7 Å². The first-order valence-corrected chi connectivity index (χ1v) is 7.31. The number of anilines is 1. The zero-order valence-corrected chi connectivity index (χ0v) is 13.1. The molecule has 0 aliphatic rings. The van der Waals surface area contributed by atoms with Gasteiger partial charge in [0.05, 0.1) is 37.5 Å². The predicted molar refractivity (Wildman–Crippen MR) is 83.0 cm³/mol. The topological polar surface area (TPSA) is 136 Å². The first-order valence-electron chi connectivity index (χ1n) is 7.31. The summed E-state index contributed by atoms with van der Waals surface area (Å²) in [5.74, 6) is 0.714. The maximum Gasteiger partial charge on any atom is 0.163 e. The average Bonchev–Trinajstić information content (AvgIpc) is 3.22. The van der Waals surface area contributed by atoms with Crippen LogP contribution in [0.2, 0.25) is 0 Å². The highest BCUT2D eigenvalue weighted by Crippen LogP contribution is 2.18. The minimum Gasteiger partial charge on any atom is -0.394 e. The first kappa shape index (κ1) is 16.2. The molecule has 24 heavy (non-hydrogen) atoms. The van der Waals surface area contributed by atoms with Crippen molar-refractivity contribution < 1.29 is 14.9 Å². The number of aromatic nitrogens is 7. The van der Waals surface area contributed by atoms with Gasteiger partial charge in [-0.3, -0.25) is 0 Å². The molecule has 3 aromatic heterocycles. The fourth-order valence-corrected chi connectivity index (χ4v) is 2.17. The Labute approximate surface area is 136 Å². The van der Waals surface area contributed by atoms with Gasteiger partial charge in [0.2, 0.25) is 0 Å². The van der Waals surface area contributed by atoms with Crippen LogP contribution in [0.5, 0.6) is 0 Å². The van der Waals surface area contributed by atoms with Crippen molar-refractivity contribution in [3.8, 4) is 0 Å². The summed E-state index contributed by atoms with van der Waals surface area (Å²) in [5, 5.41) is 34.1. The average molecular weight is 334 g/mol. The Kier molecular flexibility index (Phi) is 4.93. The van der Waals surface area contributed by atoms with Crippen molar-refractivity contribution >= 4 is 16.9 Å². The van der Waals surface area contributed by atoms with E-state index in [0.717, 1.165) is 5.39 Å². The molecule has 0 aliphatic carbocycles. The van der Waals surface area contributed by atoms with Gasteiger partial charge in [-0.15, -0.1) is 5.10 Å². The number of aliphatic hydroxyl groups is 2. The van der Waals surface area contributed by atoms with Crippen molar-refractivity contribution in [2.45, 2.75) is 19.4 Å². The monoisotopic (exact) mass is 334 g/mol. The van der Waals surface area contributed by atoms with Crippen LogP contribution in [-0.2, 0) is 18.0 Å². The van der Waals surface area contributed by atoms with E-state index in [-0.39, 0.29) is 19.9 Å². The number of fused-ring (bicyclic) bond motifs is 1. The van der Waals surface area contributed by atoms with Crippen LogP contribution < -0.4 is 5.32 Å². The Bertz CT molecular complexity index is 801. The van der Waals surface area contributed by atoms with Gasteiger partial charge < -0.3 is 20.3 Å². The molecular weight excluding hydrogens is 316 g/mol. The fourth-order valence-electron chi connectivity index (χ4n) is 2.17. The molecule has 0 aliphatic heterocycles. The van der Waals surface area contributed by atoms with Crippen LogP contribution in [-0.4, -0.2) is 71.3 Å². The molecule has 3 heterocycles. The summed E-state index contributed by atoms with van der Waals surface area (Å²) in [6.07, 6.45) is 4.00. The molecule has 0 amide bonds. The minimum absolute atomic E-state index is 0.0270. The van der Waals surface area contributed by atoms with Crippen molar-refractivity contribution in [2.24, 2.45) is 0 Å². The molecule has 11 heteroatoms. The van der Waals surface area contributed by atoms with Crippen LogP contribution in [0.15, 0.2) is 18.7 Å². The van der Waals surface area contributed by atoms with E-state index < -0.39 is 6.10 Å². The Morgan fingerprint density at radius 2 is 2.25 bits per heavy atom. The maximum atomic E-state index is 9.21. The third-order valence-corrected chi connectivity index (χ3v) is 3.31. The smallest absolute Gasteiger partial charge is 0.163 e. The molecule has 0 bridgehead atoms. The summed E-state index contributed by atoms with van der Waals surface area (Å²) in [6.45, 7) is 0.226. The molecule has 0 unspecified atom stereocenters. The second kappa shape index (κ2) is 7.29. The summed E-state index contributed by atoms with van der Waals surface area (Å²) >= 11 is 0. The fraction of sp³-hybridized carbons (Fsp3) is 0.462. The van der Waals surface area contributed by atoms with Gasteiger partial charge >= 0.3 is 0 Å². The van der Waals surface area contributed by atoms with Crippen LogP contribution in [0.4, 0.5) is 5.82 Å². The molecule has 3 rings (SSSR count). The van der Waals surface area contributed by atoms with Crippen LogP contribution in [0, 0.1) is 0 Å². The largest absolute Gasteiger partial charge is 0.394 e. The normalized spacial score (nSPS) is 12.6. The van der Waals surface area contributed by atoms with E-state index >= 15 is 0 Å². The van der Waals surface area contributed by atoms with Crippen molar-refractivity contribution in [3.63, 3.8) is 0 Å². The predicted octanol–water partition coefficient (Wildman–Crippen LogP) is -1.16. The summed E-state index contributed by atoms with van der Waals surface area (Å²) < 4.78 is 8.43. The Morgan fingerprint density at radius 1 is 1.38 bits per heavy atom. The highest BCUT2D eigenvalue weighted by atomic mass is 16.5. The number of hydrogen-bond acceptors (Lipinski definition) is 9. The quantitative estimate of drug-likeness (QED) is 0.465. The number of nitrogens with zero attached hydrogens (tertiary/aromatic N) is 7. The van der Waals surface area contributed by atoms with Gasteiger partial charge in [-0.1, -0.05) is 5.21 Å². The SMILES string of the molecule is CNc1ncnc2c1cnn2Cc1cn(COC[C@@H](O)CO)nn1. The molecule has 128 valence electrons. The Balaban J connectivity index is 1.67. The van der Waals surface area contributed by atoms with Crippen LogP contribution >= 0.6 is 0 Å². The number of rotatable bonds is 8. The summed E-state index contributed by atoms with van der Waals surface area (Å²) in [5.41, 5.74) is 1.39. The molecule has 0 radical (unpaired) electrons. The summed E-state index contributed by atoms with van der Waals surface area (Å²) in [4.78, 5) is 8.39. The third-order valence-electron chi connectivity index (χ3n) is 3.31. The molecular formula is C13H18N8O3. The molecule has 0 saturated heterocycles. The van der Waals surface area contributed by atoms with Gasteiger partial charge in [-0.25, -0.2) is 19.3 Å². The van der Waals surface area contributed by atoms with E-state index in [1.807, 2.05) is 0 Å². The molecule has 0 spiro atoms. The van der Waals surface area contributed by atoms with Crippen molar-refractivity contribution in [1.82, 2.24) is 34.7 Å². The number of ether oxygens (including phenoxy) is 1. The molecule has 1 atom stereocenters. The van der Waals surface area contributed by atoms with Crippen molar-refractivity contribution in [1.29, 1.82) is 0 Å². The lowest BCUT2D eigenvalue weighted by Crippen LogP contribution is -2.20. The van der Waals surface area contributed by atoms with E-state index in [4.69, 9.17) is 9.84 Å². The van der Waals surface area contributed by atoms with Crippen LogP contribution in [0.25, 0.3) is 11.0 Å².